The van der Waals surface area contributed by atoms with E-state index in [4.69, 9.17) is 5.73 Å². The highest BCUT2D eigenvalue weighted by Crippen LogP contribution is 2.28. The summed E-state index contributed by atoms with van der Waals surface area (Å²) in [4.78, 5) is 1.12. The summed E-state index contributed by atoms with van der Waals surface area (Å²) < 4.78 is 1.90. The average molecular weight is 295 g/mol. The maximum absolute atomic E-state index is 6.00. The van der Waals surface area contributed by atoms with Gasteiger partial charge in [-0.3, -0.25) is 0 Å². The molecule has 0 saturated carbocycles. The molecular weight excluding hydrogens is 278 g/mol. The summed E-state index contributed by atoms with van der Waals surface area (Å²) in [5, 5.41) is 4.60. The highest BCUT2D eigenvalue weighted by atomic mass is 32.2. The molecular formula is C17H17N3S. The molecule has 0 spiro atoms. The second-order valence-corrected chi connectivity index (χ2v) is 5.93. The van der Waals surface area contributed by atoms with E-state index in [1.165, 1.54) is 5.56 Å². The largest absolute Gasteiger partial charge is 0.398 e. The van der Waals surface area contributed by atoms with E-state index in [1.54, 1.807) is 11.8 Å². The average Bonchev–Trinajstić information content (AvgIpc) is 2.98. The molecule has 0 aliphatic heterocycles. The third-order valence-corrected chi connectivity index (χ3v) is 4.31. The second kappa shape index (κ2) is 6.06. The number of hydrogen-bond acceptors (Lipinski definition) is 3. The number of para-hydroxylation sites is 1. The van der Waals surface area contributed by atoms with Crippen LogP contribution in [0.3, 0.4) is 0 Å². The molecule has 2 N–H and O–H groups in total. The Bertz CT molecular complexity index is 735. The molecule has 0 bridgehead atoms. The van der Waals surface area contributed by atoms with Crippen molar-refractivity contribution in [1.82, 2.24) is 9.78 Å². The van der Waals surface area contributed by atoms with E-state index in [0.29, 0.717) is 0 Å². The smallest absolute Gasteiger partial charge is 0.0731 e. The van der Waals surface area contributed by atoms with Gasteiger partial charge in [0.25, 0.3) is 0 Å². The topological polar surface area (TPSA) is 43.8 Å². The van der Waals surface area contributed by atoms with Crippen molar-refractivity contribution in [2.75, 3.05) is 5.73 Å². The third-order valence-electron chi connectivity index (χ3n) is 3.21. The van der Waals surface area contributed by atoms with Crippen LogP contribution in [0.15, 0.2) is 65.7 Å². The van der Waals surface area contributed by atoms with Crippen molar-refractivity contribution in [3.05, 3.63) is 72.1 Å². The van der Waals surface area contributed by atoms with Gasteiger partial charge in [-0.15, -0.1) is 11.8 Å². The SMILES string of the molecule is Cc1ccc(N)c(SCc2ccn(-c3ccccc3)n2)c1. The lowest BCUT2D eigenvalue weighted by Crippen LogP contribution is -1.95. The summed E-state index contributed by atoms with van der Waals surface area (Å²) in [6, 6.07) is 18.3. The molecule has 0 unspecified atom stereocenters. The number of anilines is 1. The number of nitrogen functional groups attached to an aromatic ring is 1. The van der Waals surface area contributed by atoms with Gasteiger partial charge < -0.3 is 5.73 Å². The molecule has 2 aromatic carbocycles. The number of aryl methyl sites for hydroxylation is 1. The van der Waals surface area contributed by atoms with E-state index in [2.05, 4.69) is 18.1 Å². The predicted octanol–water partition coefficient (Wildman–Crippen LogP) is 4.06. The number of nitrogens with zero attached hydrogens (tertiary/aromatic N) is 2. The summed E-state index contributed by atoms with van der Waals surface area (Å²) >= 11 is 1.72. The van der Waals surface area contributed by atoms with Crippen LogP contribution < -0.4 is 5.73 Å². The minimum absolute atomic E-state index is 0.813. The quantitative estimate of drug-likeness (QED) is 0.583. The van der Waals surface area contributed by atoms with E-state index in [0.717, 1.165) is 27.7 Å². The van der Waals surface area contributed by atoms with Crippen LogP contribution in [0.4, 0.5) is 5.69 Å². The molecule has 0 radical (unpaired) electrons. The van der Waals surface area contributed by atoms with Crippen LogP contribution in [0, 0.1) is 6.92 Å². The highest BCUT2D eigenvalue weighted by molar-refractivity contribution is 7.98. The maximum Gasteiger partial charge on any atom is 0.0731 e. The van der Waals surface area contributed by atoms with Crippen molar-refractivity contribution in [2.24, 2.45) is 0 Å². The van der Waals surface area contributed by atoms with Crippen LogP contribution in [0.5, 0.6) is 0 Å². The zero-order valence-electron chi connectivity index (χ0n) is 11.9. The molecule has 0 atom stereocenters. The Hall–Kier alpha value is -2.20. The minimum atomic E-state index is 0.813. The standard InChI is InChI=1S/C17H17N3S/c1-13-7-8-16(18)17(11-13)21-12-14-9-10-20(19-14)15-5-3-2-4-6-15/h2-11H,12,18H2,1H3. The summed E-state index contributed by atoms with van der Waals surface area (Å²) in [6.07, 6.45) is 1.99. The lowest BCUT2D eigenvalue weighted by molar-refractivity contribution is 0.859. The van der Waals surface area contributed by atoms with Crippen LogP contribution in [0.25, 0.3) is 5.69 Å². The van der Waals surface area contributed by atoms with Crippen LogP contribution in [-0.2, 0) is 5.75 Å². The molecule has 0 aliphatic carbocycles. The second-order valence-electron chi connectivity index (χ2n) is 4.92. The summed E-state index contributed by atoms with van der Waals surface area (Å²) in [7, 11) is 0. The van der Waals surface area contributed by atoms with Gasteiger partial charge >= 0.3 is 0 Å². The van der Waals surface area contributed by atoms with E-state index in [-0.39, 0.29) is 0 Å². The first-order valence-corrected chi connectivity index (χ1v) is 7.80. The molecule has 0 amide bonds. The van der Waals surface area contributed by atoms with Crippen molar-refractivity contribution in [1.29, 1.82) is 0 Å². The molecule has 106 valence electrons. The lowest BCUT2D eigenvalue weighted by atomic mass is 10.2. The number of hydrogen-bond donors (Lipinski definition) is 1. The van der Waals surface area contributed by atoms with E-state index < -0.39 is 0 Å². The lowest BCUT2D eigenvalue weighted by Gasteiger charge is -2.05. The molecule has 3 rings (SSSR count). The Kier molecular flexibility index (Phi) is 3.97. The minimum Gasteiger partial charge on any atom is -0.398 e. The van der Waals surface area contributed by atoms with Crippen molar-refractivity contribution in [3.8, 4) is 5.69 Å². The number of thioether (sulfide) groups is 1. The van der Waals surface area contributed by atoms with Gasteiger partial charge in [0.1, 0.15) is 0 Å². The van der Waals surface area contributed by atoms with Gasteiger partial charge in [-0.2, -0.15) is 5.10 Å². The number of nitrogens with two attached hydrogens (primary N) is 1. The third kappa shape index (κ3) is 3.28. The first kappa shape index (κ1) is 13.8. The van der Waals surface area contributed by atoms with Gasteiger partial charge in [0.05, 0.1) is 11.4 Å². The van der Waals surface area contributed by atoms with E-state index in [1.807, 2.05) is 59.4 Å². The molecule has 0 fully saturated rings. The molecule has 21 heavy (non-hydrogen) atoms. The van der Waals surface area contributed by atoms with Crippen LogP contribution >= 0.6 is 11.8 Å². The monoisotopic (exact) mass is 295 g/mol. The van der Waals surface area contributed by atoms with Crippen LogP contribution in [-0.4, -0.2) is 9.78 Å². The number of benzene rings is 2. The Labute approximate surface area is 128 Å². The molecule has 3 aromatic rings. The van der Waals surface area contributed by atoms with Crippen molar-refractivity contribution in [2.45, 2.75) is 17.6 Å². The normalized spacial score (nSPS) is 10.7. The Morgan fingerprint density at radius 2 is 1.90 bits per heavy atom. The van der Waals surface area contributed by atoms with Gasteiger partial charge in [0.2, 0.25) is 0 Å². The van der Waals surface area contributed by atoms with Crippen molar-refractivity contribution >= 4 is 17.4 Å². The fourth-order valence-corrected chi connectivity index (χ4v) is 3.04. The van der Waals surface area contributed by atoms with E-state index in [9.17, 15) is 0 Å². The summed E-state index contributed by atoms with van der Waals surface area (Å²) in [5.74, 6) is 0.813. The highest BCUT2D eigenvalue weighted by Gasteiger charge is 2.04. The number of rotatable bonds is 4. The predicted molar refractivity (Wildman–Crippen MR) is 88.7 cm³/mol. The molecule has 1 heterocycles. The van der Waals surface area contributed by atoms with E-state index >= 15 is 0 Å². The van der Waals surface area contributed by atoms with Crippen LogP contribution in [0.2, 0.25) is 0 Å². The fraction of sp³-hybridized carbons (Fsp3) is 0.118. The Balaban J connectivity index is 1.72. The maximum atomic E-state index is 6.00. The van der Waals surface area contributed by atoms with Crippen molar-refractivity contribution in [3.63, 3.8) is 0 Å². The summed E-state index contributed by atoms with van der Waals surface area (Å²) in [6.45, 7) is 2.08. The fourth-order valence-electron chi connectivity index (χ4n) is 2.08. The molecule has 0 aliphatic rings. The van der Waals surface area contributed by atoms with Gasteiger partial charge in [-0.25, -0.2) is 4.68 Å². The van der Waals surface area contributed by atoms with Gasteiger partial charge in [-0.1, -0.05) is 24.3 Å². The first-order valence-electron chi connectivity index (χ1n) is 6.81. The molecule has 3 nitrogen and oxygen atoms in total. The zero-order valence-corrected chi connectivity index (χ0v) is 12.7. The first-order chi connectivity index (χ1) is 10.2. The van der Waals surface area contributed by atoms with Gasteiger partial charge in [-0.05, 0) is 42.8 Å². The van der Waals surface area contributed by atoms with Gasteiger partial charge in [0.15, 0.2) is 0 Å². The van der Waals surface area contributed by atoms with Gasteiger partial charge in [0, 0.05) is 22.5 Å². The Morgan fingerprint density at radius 3 is 2.71 bits per heavy atom. The number of aromatic nitrogens is 2. The summed E-state index contributed by atoms with van der Waals surface area (Å²) in [5.41, 5.74) is 10.2. The Morgan fingerprint density at radius 1 is 1.10 bits per heavy atom. The molecule has 4 heteroatoms. The molecule has 0 saturated heterocycles. The van der Waals surface area contributed by atoms with Crippen LogP contribution in [0.1, 0.15) is 11.3 Å². The van der Waals surface area contributed by atoms with Crippen molar-refractivity contribution < 1.29 is 0 Å². The molecule has 1 aromatic heterocycles. The zero-order chi connectivity index (χ0) is 14.7.